The SMILES string of the molecule is CCC1CCC(CCN)N(C(C)C)C1. The molecular formula is C12H26N2. The highest BCUT2D eigenvalue weighted by atomic mass is 15.2. The van der Waals surface area contributed by atoms with Crippen molar-refractivity contribution in [3.05, 3.63) is 0 Å². The zero-order valence-corrected chi connectivity index (χ0v) is 10.00. The van der Waals surface area contributed by atoms with Crippen LogP contribution in [0.4, 0.5) is 0 Å². The Balaban J connectivity index is 2.51. The first-order chi connectivity index (χ1) is 6.69. The molecule has 14 heavy (non-hydrogen) atoms. The first kappa shape index (κ1) is 12.0. The monoisotopic (exact) mass is 198 g/mol. The van der Waals surface area contributed by atoms with Gasteiger partial charge in [0.2, 0.25) is 0 Å². The summed E-state index contributed by atoms with van der Waals surface area (Å²) < 4.78 is 0. The molecule has 1 aliphatic rings. The van der Waals surface area contributed by atoms with Gasteiger partial charge >= 0.3 is 0 Å². The van der Waals surface area contributed by atoms with Crippen LogP contribution in [0.15, 0.2) is 0 Å². The molecule has 0 aromatic heterocycles. The van der Waals surface area contributed by atoms with Crippen LogP contribution in [0.2, 0.25) is 0 Å². The van der Waals surface area contributed by atoms with Crippen molar-refractivity contribution in [3.8, 4) is 0 Å². The fraction of sp³-hybridized carbons (Fsp3) is 1.00. The second-order valence-electron chi connectivity index (χ2n) is 4.87. The number of rotatable bonds is 4. The molecule has 2 nitrogen and oxygen atoms in total. The van der Waals surface area contributed by atoms with E-state index < -0.39 is 0 Å². The highest BCUT2D eigenvalue weighted by molar-refractivity contribution is 4.83. The van der Waals surface area contributed by atoms with E-state index in [1.807, 2.05) is 0 Å². The second-order valence-corrected chi connectivity index (χ2v) is 4.87. The van der Waals surface area contributed by atoms with E-state index in [4.69, 9.17) is 5.73 Å². The van der Waals surface area contributed by atoms with Crippen LogP contribution in [0.1, 0.15) is 46.5 Å². The predicted octanol–water partition coefficient (Wildman–Crippen LogP) is 2.23. The molecular weight excluding hydrogens is 172 g/mol. The standard InChI is InChI=1S/C12H26N2/c1-4-11-5-6-12(7-8-13)14(9-11)10(2)3/h10-12H,4-9,13H2,1-3H3. The van der Waals surface area contributed by atoms with E-state index in [1.54, 1.807) is 0 Å². The van der Waals surface area contributed by atoms with Crippen molar-refractivity contribution in [1.82, 2.24) is 4.90 Å². The third-order valence-electron chi connectivity index (χ3n) is 3.59. The summed E-state index contributed by atoms with van der Waals surface area (Å²) >= 11 is 0. The molecule has 0 amide bonds. The van der Waals surface area contributed by atoms with Crippen molar-refractivity contribution >= 4 is 0 Å². The maximum absolute atomic E-state index is 5.66. The van der Waals surface area contributed by atoms with Gasteiger partial charge in [-0.3, -0.25) is 4.90 Å². The van der Waals surface area contributed by atoms with Gasteiger partial charge in [0, 0.05) is 18.6 Å². The van der Waals surface area contributed by atoms with Crippen LogP contribution >= 0.6 is 0 Å². The minimum absolute atomic E-state index is 0.681. The van der Waals surface area contributed by atoms with Crippen molar-refractivity contribution in [2.75, 3.05) is 13.1 Å². The molecule has 0 aliphatic carbocycles. The molecule has 1 fully saturated rings. The van der Waals surface area contributed by atoms with Gasteiger partial charge in [-0.05, 0) is 45.6 Å². The summed E-state index contributed by atoms with van der Waals surface area (Å²) in [6.07, 6.45) is 5.27. The van der Waals surface area contributed by atoms with Gasteiger partial charge in [-0.2, -0.15) is 0 Å². The summed E-state index contributed by atoms with van der Waals surface area (Å²) in [4.78, 5) is 2.66. The number of piperidine rings is 1. The first-order valence-electron chi connectivity index (χ1n) is 6.14. The van der Waals surface area contributed by atoms with Crippen LogP contribution in [0.3, 0.4) is 0 Å². The maximum atomic E-state index is 5.66. The lowest BCUT2D eigenvalue weighted by Crippen LogP contribution is -2.47. The molecule has 84 valence electrons. The average Bonchev–Trinajstić information content (AvgIpc) is 2.18. The first-order valence-corrected chi connectivity index (χ1v) is 6.14. The quantitative estimate of drug-likeness (QED) is 0.750. The highest BCUT2D eigenvalue weighted by Gasteiger charge is 2.28. The van der Waals surface area contributed by atoms with Crippen LogP contribution in [0.5, 0.6) is 0 Å². The number of hydrogen-bond acceptors (Lipinski definition) is 2. The highest BCUT2D eigenvalue weighted by Crippen LogP contribution is 2.27. The van der Waals surface area contributed by atoms with Crippen LogP contribution < -0.4 is 5.73 Å². The van der Waals surface area contributed by atoms with Crippen molar-refractivity contribution in [2.24, 2.45) is 11.7 Å². The summed E-state index contributed by atoms with van der Waals surface area (Å²) in [7, 11) is 0. The third-order valence-corrected chi connectivity index (χ3v) is 3.59. The Morgan fingerprint density at radius 1 is 1.36 bits per heavy atom. The van der Waals surface area contributed by atoms with E-state index in [9.17, 15) is 0 Å². The number of nitrogens with two attached hydrogens (primary N) is 1. The molecule has 0 aromatic rings. The number of nitrogens with zero attached hydrogens (tertiary/aromatic N) is 1. The molecule has 0 spiro atoms. The largest absolute Gasteiger partial charge is 0.330 e. The van der Waals surface area contributed by atoms with Gasteiger partial charge in [0.1, 0.15) is 0 Å². The Kier molecular flexibility index (Phi) is 4.90. The van der Waals surface area contributed by atoms with Crippen LogP contribution in [-0.4, -0.2) is 30.1 Å². The van der Waals surface area contributed by atoms with Gasteiger partial charge in [-0.1, -0.05) is 13.3 Å². The van der Waals surface area contributed by atoms with Gasteiger partial charge in [-0.15, -0.1) is 0 Å². The van der Waals surface area contributed by atoms with E-state index in [2.05, 4.69) is 25.7 Å². The van der Waals surface area contributed by atoms with E-state index in [1.165, 1.54) is 32.2 Å². The topological polar surface area (TPSA) is 29.3 Å². The molecule has 2 heteroatoms. The average molecular weight is 198 g/mol. The van der Waals surface area contributed by atoms with Crippen LogP contribution in [0, 0.1) is 5.92 Å². The van der Waals surface area contributed by atoms with Gasteiger partial charge < -0.3 is 5.73 Å². The summed E-state index contributed by atoms with van der Waals surface area (Å²) in [5.74, 6) is 0.923. The van der Waals surface area contributed by atoms with Gasteiger partial charge in [0.15, 0.2) is 0 Å². The molecule has 0 aromatic carbocycles. The second kappa shape index (κ2) is 5.72. The number of hydrogen-bond donors (Lipinski definition) is 1. The zero-order chi connectivity index (χ0) is 10.6. The van der Waals surface area contributed by atoms with E-state index in [-0.39, 0.29) is 0 Å². The molecule has 0 bridgehead atoms. The molecule has 1 heterocycles. The fourth-order valence-corrected chi connectivity index (χ4v) is 2.60. The zero-order valence-electron chi connectivity index (χ0n) is 10.00. The van der Waals surface area contributed by atoms with Crippen molar-refractivity contribution in [1.29, 1.82) is 0 Å². The Bertz CT molecular complexity index is 156. The Hall–Kier alpha value is -0.0800. The smallest absolute Gasteiger partial charge is 0.0110 e. The van der Waals surface area contributed by atoms with Crippen LogP contribution in [0.25, 0.3) is 0 Å². The lowest BCUT2D eigenvalue weighted by molar-refractivity contribution is 0.0713. The lowest BCUT2D eigenvalue weighted by Gasteiger charge is -2.42. The lowest BCUT2D eigenvalue weighted by atomic mass is 9.88. The van der Waals surface area contributed by atoms with Crippen molar-refractivity contribution < 1.29 is 0 Å². The van der Waals surface area contributed by atoms with Crippen molar-refractivity contribution in [2.45, 2.75) is 58.5 Å². The minimum Gasteiger partial charge on any atom is -0.330 e. The molecule has 2 atom stereocenters. The normalized spacial score (nSPS) is 29.8. The Labute approximate surface area is 88.8 Å². The van der Waals surface area contributed by atoms with Crippen LogP contribution in [-0.2, 0) is 0 Å². The molecule has 1 aliphatic heterocycles. The van der Waals surface area contributed by atoms with Gasteiger partial charge in [0.05, 0.1) is 0 Å². The molecule has 2 unspecified atom stereocenters. The third kappa shape index (κ3) is 2.96. The number of likely N-dealkylation sites (tertiary alicyclic amines) is 1. The molecule has 1 rings (SSSR count). The van der Waals surface area contributed by atoms with E-state index in [0.29, 0.717) is 6.04 Å². The molecule has 2 N–H and O–H groups in total. The minimum atomic E-state index is 0.681. The molecule has 0 saturated carbocycles. The van der Waals surface area contributed by atoms with Crippen molar-refractivity contribution in [3.63, 3.8) is 0 Å². The molecule has 1 saturated heterocycles. The summed E-state index contributed by atoms with van der Waals surface area (Å²) in [5.41, 5.74) is 5.66. The van der Waals surface area contributed by atoms with E-state index in [0.717, 1.165) is 18.5 Å². The summed E-state index contributed by atoms with van der Waals surface area (Å²) in [6.45, 7) is 9.05. The maximum Gasteiger partial charge on any atom is 0.0110 e. The predicted molar refractivity (Wildman–Crippen MR) is 62.3 cm³/mol. The Morgan fingerprint density at radius 2 is 2.07 bits per heavy atom. The summed E-state index contributed by atoms with van der Waals surface area (Å²) in [5, 5.41) is 0. The molecule has 0 radical (unpaired) electrons. The fourth-order valence-electron chi connectivity index (χ4n) is 2.60. The summed E-state index contributed by atoms with van der Waals surface area (Å²) in [6, 6.07) is 1.43. The van der Waals surface area contributed by atoms with Gasteiger partial charge in [0.25, 0.3) is 0 Å². The Morgan fingerprint density at radius 3 is 2.57 bits per heavy atom. The van der Waals surface area contributed by atoms with E-state index >= 15 is 0 Å². The van der Waals surface area contributed by atoms with Gasteiger partial charge in [-0.25, -0.2) is 0 Å².